The first-order chi connectivity index (χ1) is 15.3. The van der Waals surface area contributed by atoms with Gasteiger partial charge in [0.05, 0.1) is 17.7 Å². The summed E-state index contributed by atoms with van der Waals surface area (Å²) in [7, 11) is -2.43. The fraction of sp³-hybridized carbons (Fsp3) is 0.240. The van der Waals surface area contributed by atoms with Crippen LogP contribution >= 0.6 is 0 Å². The molecule has 0 heterocycles. The third-order valence-corrected chi connectivity index (χ3v) is 7.05. The molecule has 0 aliphatic carbocycles. The molecule has 168 valence electrons. The molecule has 0 aliphatic rings. The van der Waals surface area contributed by atoms with Gasteiger partial charge in [0.1, 0.15) is 12.3 Å². The number of ether oxygens (including phenoxy) is 1. The third kappa shape index (κ3) is 5.11. The van der Waals surface area contributed by atoms with Gasteiger partial charge in [-0.15, -0.1) is 0 Å². The molecular weight excluding hydrogens is 424 g/mol. The summed E-state index contributed by atoms with van der Waals surface area (Å²) < 4.78 is 33.3. The van der Waals surface area contributed by atoms with E-state index in [9.17, 15) is 13.2 Å². The monoisotopic (exact) mass is 452 g/mol. The highest BCUT2D eigenvalue weighted by Crippen LogP contribution is 2.27. The Labute approximate surface area is 189 Å². The maximum Gasteiger partial charge on any atom is 0.264 e. The van der Waals surface area contributed by atoms with Crippen molar-refractivity contribution in [3.8, 4) is 5.75 Å². The van der Waals surface area contributed by atoms with Crippen LogP contribution in [0.1, 0.15) is 23.6 Å². The molecule has 0 saturated carbocycles. The number of aryl methyl sites for hydroxylation is 3. The number of sulfonamides is 1. The first-order valence-electron chi connectivity index (χ1n) is 10.4. The van der Waals surface area contributed by atoms with Crippen LogP contribution in [0.25, 0.3) is 0 Å². The van der Waals surface area contributed by atoms with Crippen LogP contribution in [-0.4, -0.2) is 28.0 Å². The largest absolute Gasteiger partial charge is 0.497 e. The number of methoxy groups -OCH3 is 1. The maximum atomic E-state index is 13.5. The molecule has 0 bridgehead atoms. The molecule has 0 fully saturated rings. The number of nitrogens with one attached hydrogen (secondary N) is 1. The van der Waals surface area contributed by atoms with Gasteiger partial charge in [-0.3, -0.25) is 9.10 Å². The van der Waals surface area contributed by atoms with Gasteiger partial charge in [0, 0.05) is 5.69 Å². The van der Waals surface area contributed by atoms with Crippen LogP contribution in [0.5, 0.6) is 5.75 Å². The summed E-state index contributed by atoms with van der Waals surface area (Å²) in [5.74, 6) is 0.180. The number of hydrogen-bond acceptors (Lipinski definition) is 4. The summed E-state index contributed by atoms with van der Waals surface area (Å²) in [5.41, 5.74) is 3.97. The molecule has 0 saturated heterocycles. The number of carbonyl (C=O) groups excluding carboxylic acids is 1. The van der Waals surface area contributed by atoms with E-state index in [1.807, 2.05) is 39.0 Å². The quantitative estimate of drug-likeness (QED) is 0.537. The van der Waals surface area contributed by atoms with Crippen LogP contribution in [0.3, 0.4) is 0 Å². The Morgan fingerprint density at radius 3 is 2.22 bits per heavy atom. The minimum absolute atomic E-state index is 0.122. The topological polar surface area (TPSA) is 75.7 Å². The van der Waals surface area contributed by atoms with Gasteiger partial charge in [0.15, 0.2) is 0 Å². The number of rotatable bonds is 8. The molecule has 3 rings (SSSR count). The van der Waals surface area contributed by atoms with Crippen LogP contribution in [0, 0.1) is 13.8 Å². The summed E-state index contributed by atoms with van der Waals surface area (Å²) in [5, 5.41) is 2.92. The molecule has 0 unspecified atom stereocenters. The van der Waals surface area contributed by atoms with Gasteiger partial charge >= 0.3 is 0 Å². The van der Waals surface area contributed by atoms with Crippen molar-refractivity contribution in [2.45, 2.75) is 32.1 Å². The molecule has 1 N–H and O–H groups in total. The second-order valence-corrected chi connectivity index (χ2v) is 9.40. The van der Waals surface area contributed by atoms with E-state index in [1.54, 1.807) is 48.5 Å². The Morgan fingerprint density at radius 1 is 0.969 bits per heavy atom. The smallest absolute Gasteiger partial charge is 0.264 e. The van der Waals surface area contributed by atoms with Crippen LogP contribution in [0.4, 0.5) is 11.4 Å². The highest BCUT2D eigenvalue weighted by atomic mass is 32.2. The van der Waals surface area contributed by atoms with Crippen LogP contribution in [0.2, 0.25) is 0 Å². The van der Waals surface area contributed by atoms with Gasteiger partial charge in [0.2, 0.25) is 5.91 Å². The van der Waals surface area contributed by atoms with Gasteiger partial charge in [-0.05, 0) is 67.8 Å². The predicted octanol–water partition coefficient (Wildman–Crippen LogP) is 4.71. The van der Waals surface area contributed by atoms with Crippen molar-refractivity contribution in [3.63, 3.8) is 0 Å². The fourth-order valence-corrected chi connectivity index (χ4v) is 4.83. The van der Waals surface area contributed by atoms with E-state index in [-0.39, 0.29) is 11.4 Å². The third-order valence-electron chi connectivity index (χ3n) is 5.26. The lowest BCUT2D eigenvalue weighted by Crippen LogP contribution is -2.38. The van der Waals surface area contributed by atoms with E-state index >= 15 is 0 Å². The lowest BCUT2D eigenvalue weighted by molar-refractivity contribution is -0.114. The molecule has 0 spiro atoms. The van der Waals surface area contributed by atoms with Crippen molar-refractivity contribution < 1.29 is 17.9 Å². The first kappa shape index (κ1) is 23.3. The van der Waals surface area contributed by atoms with E-state index in [1.165, 1.54) is 7.11 Å². The molecule has 7 heteroatoms. The standard InChI is InChI=1S/C25H28N2O4S/c1-5-20-8-6-7-19(3)25(20)26-24(28)17-27(21-11-13-22(31-4)14-12-21)32(29,30)23-15-9-18(2)10-16-23/h6-16H,5,17H2,1-4H3,(H,26,28). The van der Waals surface area contributed by atoms with Crippen molar-refractivity contribution in [2.24, 2.45) is 0 Å². The van der Waals surface area contributed by atoms with Gasteiger partial charge in [-0.2, -0.15) is 0 Å². The molecule has 6 nitrogen and oxygen atoms in total. The number of para-hydroxylation sites is 1. The van der Waals surface area contributed by atoms with Gasteiger partial charge in [0.25, 0.3) is 10.0 Å². The second kappa shape index (κ2) is 9.87. The van der Waals surface area contributed by atoms with E-state index in [0.29, 0.717) is 11.4 Å². The summed E-state index contributed by atoms with van der Waals surface area (Å²) in [6, 6.07) is 19.0. The summed E-state index contributed by atoms with van der Waals surface area (Å²) in [6.07, 6.45) is 0.751. The first-order valence-corrected chi connectivity index (χ1v) is 11.8. The molecule has 0 radical (unpaired) electrons. The van der Waals surface area contributed by atoms with E-state index in [2.05, 4.69) is 5.32 Å². The van der Waals surface area contributed by atoms with Crippen LogP contribution in [-0.2, 0) is 21.2 Å². The zero-order chi connectivity index (χ0) is 23.3. The van der Waals surface area contributed by atoms with Gasteiger partial charge < -0.3 is 10.1 Å². The lowest BCUT2D eigenvalue weighted by Gasteiger charge is -2.25. The summed E-state index contributed by atoms with van der Waals surface area (Å²) in [4.78, 5) is 13.2. The minimum atomic E-state index is -3.97. The molecule has 1 amide bonds. The van der Waals surface area contributed by atoms with E-state index < -0.39 is 15.9 Å². The molecular formula is C25H28N2O4S. The van der Waals surface area contributed by atoms with E-state index in [0.717, 1.165) is 33.1 Å². The average molecular weight is 453 g/mol. The van der Waals surface area contributed by atoms with Crippen molar-refractivity contribution in [2.75, 3.05) is 23.3 Å². The lowest BCUT2D eigenvalue weighted by atomic mass is 10.1. The minimum Gasteiger partial charge on any atom is -0.497 e. The number of carbonyl (C=O) groups is 1. The molecule has 3 aromatic rings. The molecule has 0 aromatic heterocycles. The normalized spacial score (nSPS) is 11.1. The zero-order valence-corrected chi connectivity index (χ0v) is 19.6. The molecule has 32 heavy (non-hydrogen) atoms. The SMILES string of the molecule is CCc1cccc(C)c1NC(=O)CN(c1ccc(OC)cc1)S(=O)(=O)c1ccc(C)cc1. The highest BCUT2D eigenvalue weighted by molar-refractivity contribution is 7.92. The Morgan fingerprint density at radius 2 is 1.62 bits per heavy atom. The summed E-state index contributed by atoms with van der Waals surface area (Å²) in [6.45, 7) is 5.45. The van der Waals surface area contributed by atoms with Crippen molar-refractivity contribution >= 4 is 27.3 Å². The fourth-order valence-electron chi connectivity index (χ4n) is 3.41. The Bertz CT molecular complexity index is 1190. The van der Waals surface area contributed by atoms with Crippen molar-refractivity contribution in [1.82, 2.24) is 0 Å². The maximum absolute atomic E-state index is 13.5. The Hall–Kier alpha value is -3.32. The van der Waals surface area contributed by atoms with Crippen molar-refractivity contribution in [3.05, 3.63) is 83.4 Å². The Balaban J connectivity index is 1.97. The average Bonchev–Trinajstić information content (AvgIpc) is 2.79. The molecule has 3 aromatic carbocycles. The number of amides is 1. The van der Waals surface area contributed by atoms with Crippen LogP contribution in [0.15, 0.2) is 71.6 Å². The second-order valence-electron chi connectivity index (χ2n) is 7.53. The van der Waals surface area contributed by atoms with Gasteiger partial charge in [-0.25, -0.2) is 8.42 Å². The zero-order valence-electron chi connectivity index (χ0n) is 18.8. The number of hydrogen-bond donors (Lipinski definition) is 1. The van der Waals surface area contributed by atoms with Crippen LogP contribution < -0.4 is 14.4 Å². The highest BCUT2D eigenvalue weighted by Gasteiger charge is 2.27. The van der Waals surface area contributed by atoms with E-state index in [4.69, 9.17) is 4.74 Å². The van der Waals surface area contributed by atoms with Crippen molar-refractivity contribution in [1.29, 1.82) is 0 Å². The number of nitrogens with zero attached hydrogens (tertiary/aromatic N) is 1. The molecule has 0 atom stereocenters. The molecule has 0 aliphatic heterocycles. The predicted molar refractivity (Wildman–Crippen MR) is 128 cm³/mol. The summed E-state index contributed by atoms with van der Waals surface area (Å²) >= 11 is 0. The number of anilines is 2. The van der Waals surface area contributed by atoms with Gasteiger partial charge in [-0.1, -0.05) is 42.8 Å². The Kier molecular flexibility index (Phi) is 7.20. The number of benzene rings is 3.